The van der Waals surface area contributed by atoms with Crippen LogP contribution in [-0.4, -0.2) is 38.3 Å². The number of benzene rings is 1. The summed E-state index contributed by atoms with van der Waals surface area (Å²) in [6.45, 7) is 0.920. The van der Waals surface area contributed by atoms with Crippen LogP contribution in [0.15, 0.2) is 30.3 Å². The Morgan fingerprint density at radius 3 is 2.84 bits per heavy atom. The van der Waals surface area contributed by atoms with E-state index in [-0.39, 0.29) is 5.91 Å². The van der Waals surface area contributed by atoms with Gasteiger partial charge in [-0.3, -0.25) is 4.79 Å². The van der Waals surface area contributed by atoms with Crippen LogP contribution in [0.25, 0.3) is 10.9 Å². The minimum Gasteiger partial charge on any atom is -0.490 e. The minimum absolute atomic E-state index is 0.234. The standard InChI is InChI=1S/C14H16N2O3/c1-15-14(17)12-9-13(19-8-7-18-2)10-5-3-4-6-11(10)16-12/h3-6,9H,7-8H2,1-2H3,(H,15,17). The molecule has 100 valence electrons. The van der Waals surface area contributed by atoms with Crippen LogP contribution in [0.5, 0.6) is 5.75 Å². The second-order valence-electron chi connectivity index (χ2n) is 3.94. The fourth-order valence-electron chi connectivity index (χ4n) is 1.74. The van der Waals surface area contributed by atoms with Gasteiger partial charge in [0.15, 0.2) is 0 Å². The predicted octanol–water partition coefficient (Wildman–Crippen LogP) is 1.62. The lowest BCUT2D eigenvalue weighted by atomic mass is 10.2. The summed E-state index contributed by atoms with van der Waals surface area (Å²) in [6, 6.07) is 9.20. The Bertz CT molecular complexity index is 584. The van der Waals surface area contributed by atoms with Gasteiger partial charge in [-0.2, -0.15) is 0 Å². The van der Waals surface area contributed by atoms with E-state index in [0.29, 0.717) is 24.7 Å². The van der Waals surface area contributed by atoms with Crippen molar-refractivity contribution in [2.24, 2.45) is 0 Å². The van der Waals surface area contributed by atoms with Crippen LogP contribution in [0.2, 0.25) is 0 Å². The quantitative estimate of drug-likeness (QED) is 0.830. The molecule has 1 N–H and O–H groups in total. The maximum absolute atomic E-state index is 11.7. The van der Waals surface area contributed by atoms with E-state index >= 15 is 0 Å². The molecule has 2 rings (SSSR count). The Morgan fingerprint density at radius 2 is 2.11 bits per heavy atom. The molecule has 0 spiro atoms. The number of para-hydroxylation sites is 1. The van der Waals surface area contributed by atoms with Gasteiger partial charge >= 0.3 is 0 Å². The third kappa shape index (κ3) is 3.00. The summed E-state index contributed by atoms with van der Waals surface area (Å²) in [5.74, 6) is 0.406. The van der Waals surface area contributed by atoms with Crippen LogP contribution in [-0.2, 0) is 4.74 Å². The molecule has 0 aliphatic heterocycles. The van der Waals surface area contributed by atoms with Crippen LogP contribution in [0.1, 0.15) is 10.5 Å². The number of rotatable bonds is 5. The number of hydrogen-bond acceptors (Lipinski definition) is 4. The van der Waals surface area contributed by atoms with Gasteiger partial charge in [0, 0.05) is 25.6 Å². The van der Waals surface area contributed by atoms with E-state index in [9.17, 15) is 4.79 Å². The van der Waals surface area contributed by atoms with E-state index in [4.69, 9.17) is 9.47 Å². The van der Waals surface area contributed by atoms with Crippen molar-refractivity contribution in [2.45, 2.75) is 0 Å². The zero-order valence-corrected chi connectivity index (χ0v) is 11.0. The largest absolute Gasteiger partial charge is 0.490 e. The maximum atomic E-state index is 11.7. The molecule has 5 heteroatoms. The Morgan fingerprint density at radius 1 is 1.32 bits per heavy atom. The molecule has 0 fully saturated rings. The maximum Gasteiger partial charge on any atom is 0.269 e. The third-order valence-electron chi connectivity index (χ3n) is 2.68. The lowest BCUT2D eigenvalue weighted by molar-refractivity contribution is 0.0958. The van der Waals surface area contributed by atoms with Gasteiger partial charge in [0.1, 0.15) is 18.1 Å². The highest BCUT2D eigenvalue weighted by Gasteiger charge is 2.11. The number of carbonyl (C=O) groups is 1. The number of ether oxygens (including phenoxy) is 2. The highest BCUT2D eigenvalue weighted by Crippen LogP contribution is 2.25. The summed E-state index contributed by atoms with van der Waals surface area (Å²) >= 11 is 0. The van der Waals surface area contributed by atoms with Gasteiger partial charge in [-0.25, -0.2) is 4.98 Å². The average Bonchev–Trinajstić information content (AvgIpc) is 2.46. The topological polar surface area (TPSA) is 60.5 Å². The van der Waals surface area contributed by atoms with Crippen molar-refractivity contribution in [1.82, 2.24) is 10.3 Å². The molecule has 1 amide bonds. The zero-order valence-electron chi connectivity index (χ0n) is 11.0. The highest BCUT2D eigenvalue weighted by atomic mass is 16.5. The summed E-state index contributed by atoms with van der Waals surface area (Å²) in [6.07, 6.45) is 0. The molecule has 1 aromatic heterocycles. The van der Waals surface area contributed by atoms with E-state index in [1.54, 1.807) is 20.2 Å². The first-order valence-electron chi connectivity index (χ1n) is 6.00. The Labute approximate surface area is 111 Å². The summed E-state index contributed by atoms with van der Waals surface area (Å²) in [7, 11) is 3.19. The first-order chi connectivity index (χ1) is 9.26. The number of pyridine rings is 1. The van der Waals surface area contributed by atoms with Crippen molar-refractivity contribution in [3.63, 3.8) is 0 Å². The smallest absolute Gasteiger partial charge is 0.269 e. The van der Waals surface area contributed by atoms with Gasteiger partial charge in [-0.1, -0.05) is 12.1 Å². The summed E-state index contributed by atoms with van der Waals surface area (Å²) < 4.78 is 10.6. The number of methoxy groups -OCH3 is 1. The van der Waals surface area contributed by atoms with Crippen LogP contribution in [0.3, 0.4) is 0 Å². The number of fused-ring (bicyclic) bond motifs is 1. The zero-order chi connectivity index (χ0) is 13.7. The molecule has 1 aromatic carbocycles. The highest BCUT2D eigenvalue weighted by molar-refractivity contribution is 5.96. The fraction of sp³-hybridized carbons (Fsp3) is 0.286. The van der Waals surface area contributed by atoms with Gasteiger partial charge in [-0.05, 0) is 12.1 Å². The fourth-order valence-corrected chi connectivity index (χ4v) is 1.74. The lowest BCUT2D eigenvalue weighted by Gasteiger charge is -2.10. The number of hydrogen-bond donors (Lipinski definition) is 1. The van der Waals surface area contributed by atoms with Crippen LogP contribution in [0, 0.1) is 0 Å². The number of amides is 1. The van der Waals surface area contributed by atoms with E-state index in [1.165, 1.54) is 0 Å². The van der Waals surface area contributed by atoms with Crippen molar-refractivity contribution < 1.29 is 14.3 Å². The molecule has 19 heavy (non-hydrogen) atoms. The van der Waals surface area contributed by atoms with Gasteiger partial charge in [-0.15, -0.1) is 0 Å². The monoisotopic (exact) mass is 260 g/mol. The first kappa shape index (κ1) is 13.3. The SMILES string of the molecule is CNC(=O)c1cc(OCCOC)c2ccccc2n1. The van der Waals surface area contributed by atoms with Gasteiger partial charge in [0.25, 0.3) is 5.91 Å². The van der Waals surface area contributed by atoms with E-state index < -0.39 is 0 Å². The molecule has 0 saturated heterocycles. The molecule has 0 radical (unpaired) electrons. The van der Waals surface area contributed by atoms with Crippen LogP contribution < -0.4 is 10.1 Å². The van der Waals surface area contributed by atoms with Crippen molar-refractivity contribution in [3.8, 4) is 5.75 Å². The Hall–Kier alpha value is -2.14. The van der Waals surface area contributed by atoms with Gasteiger partial charge < -0.3 is 14.8 Å². The predicted molar refractivity (Wildman–Crippen MR) is 72.5 cm³/mol. The minimum atomic E-state index is -0.234. The summed E-state index contributed by atoms with van der Waals surface area (Å²) in [5, 5.41) is 3.44. The summed E-state index contributed by atoms with van der Waals surface area (Å²) in [5.41, 5.74) is 1.07. The molecular weight excluding hydrogens is 244 g/mol. The van der Waals surface area contributed by atoms with Gasteiger partial charge in [0.2, 0.25) is 0 Å². The van der Waals surface area contributed by atoms with Crippen molar-refractivity contribution in [1.29, 1.82) is 0 Å². The molecule has 5 nitrogen and oxygen atoms in total. The molecule has 2 aromatic rings. The molecule has 0 unspecified atom stereocenters. The molecule has 0 bridgehead atoms. The van der Waals surface area contributed by atoms with Crippen LogP contribution >= 0.6 is 0 Å². The molecule has 1 heterocycles. The van der Waals surface area contributed by atoms with Crippen molar-refractivity contribution in [3.05, 3.63) is 36.0 Å². The van der Waals surface area contributed by atoms with Crippen molar-refractivity contribution >= 4 is 16.8 Å². The molecular formula is C14H16N2O3. The Kier molecular flexibility index (Phi) is 4.30. The normalized spacial score (nSPS) is 10.4. The number of nitrogens with one attached hydrogen (secondary N) is 1. The van der Waals surface area contributed by atoms with E-state index in [1.807, 2.05) is 24.3 Å². The second-order valence-corrected chi connectivity index (χ2v) is 3.94. The number of aromatic nitrogens is 1. The third-order valence-corrected chi connectivity index (χ3v) is 2.68. The van der Waals surface area contributed by atoms with Crippen LogP contribution in [0.4, 0.5) is 0 Å². The average molecular weight is 260 g/mol. The van der Waals surface area contributed by atoms with Gasteiger partial charge in [0.05, 0.1) is 12.1 Å². The lowest BCUT2D eigenvalue weighted by Crippen LogP contribution is -2.19. The Balaban J connectivity index is 2.42. The van der Waals surface area contributed by atoms with Crippen molar-refractivity contribution in [2.75, 3.05) is 27.4 Å². The molecule has 0 atom stereocenters. The molecule has 0 saturated carbocycles. The number of carbonyl (C=O) groups excluding carboxylic acids is 1. The molecule has 0 aliphatic carbocycles. The number of nitrogens with zero attached hydrogens (tertiary/aromatic N) is 1. The van der Waals surface area contributed by atoms with E-state index in [0.717, 1.165) is 10.9 Å². The summed E-state index contributed by atoms with van der Waals surface area (Å²) in [4.78, 5) is 16.0. The van der Waals surface area contributed by atoms with E-state index in [2.05, 4.69) is 10.3 Å². The molecule has 0 aliphatic rings. The second kappa shape index (κ2) is 6.15. The first-order valence-corrected chi connectivity index (χ1v) is 6.00.